The normalized spacial score (nSPS) is 26.4. The second-order valence-electron chi connectivity index (χ2n) is 9.83. The molecule has 3 aliphatic rings. The maximum absolute atomic E-state index is 14.1. The minimum absolute atomic E-state index is 0.0207. The molecule has 3 fully saturated rings. The summed E-state index contributed by atoms with van der Waals surface area (Å²) in [5, 5.41) is 10.8. The molecule has 3 N–H and O–H groups in total. The van der Waals surface area contributed by atoms with Gasteiger partial charge in [-0.3, -0.25) is 14.4 Å². The molecule has 0 saturated carbocycles. The van der Waals surface area contributed by atoms with E-state index in [0.717, 1.165) is 12.8 Å². The fourth-order valence-corrected chi connectivity index (χ4v) is 5.87. The first kappa shape index (κ1) is 25.0. The lowest BCUT2D eigenvalue weighted by Crippen LogP contribution is -2.80. The molecule has 4 atom stereocenters. The second-order valence-corrected chi connectivity index (χ2v) is 9.83. The Hall–Kier alpha value is -3.14. The van der Waals surface area contributed by atoms with E-state index in [2.05, 4.69) is 0 Å². The van der Waals surface area contributed by atoms with Crippen LogP contribution in [0.25, 0.3) is 0 Å². The number of hydrogen-bond donors (Lipinski definition) is 2. The fourth-order valence-electron chi connectivity index (χ4n) is 5.87. The first-order chi connectivity index (χ1) is 16.6. The molecule has 190 valence electrons. The number of β-lactam (4-membered cyclic amide) rings is 1. The molecule has 0 aromatic heterocycles. The Labute approximate surface area is 205 Å². The van der Waals surface area contributed by atoms with Crippen LogP contribution in [0.15, 0.2) is 30.3 Å². The zero-order chi connectivity index (χ0) is 25.4. The number of carbonyl (C=O) groups is 4. The summed E-state index contributed by atoms with van der Waals surface area (Å²) >= 11 is 0. The van der Waals surface area contributed by atoms with Crippen LogP contribution >= 0.6 is 0 Å². The number of carbonyl (C=O) groups excluding carboxylic acids is 4. The summed E-state index contributed by atoms with van der Waals surface area (Å²) < 4.78 is 5.38. The summed E-state index contributed by atoms with van der Waals surface area (Å²) in [6, 6.07) is 8.49. The standard InChI is InChI=1S/C25H34N4O6/c1-17-24(21(32)28(17)16-20(31)27-12-6-7-13-27)11-8-14-29(24)22(33)25(18(2)30,35-23(26)34)15-19-9-4-3-5-10-19/h3-5,9-10,17-18,30H,6-8,11-16H2,1-2H3,(H2,26,34). The van der Waals surface area contributed by atoms with Crippen LogP contribution in [-0.4, -0.2) is 93.1 Å². The molecule has 1 aromatic rings. The van der Waals surface area contributed by atoms with Gasteiger partial charge in [0.05, 0.1) is 6.04 Å². The summed E-state index contributed by atoms with van der Waals surface area (Å²) in [4.78, 5) is 56.9. The number of benzene rings is 1. The third-order valence-corrected chi connectivity index (χ3v) is 7.85. The van der Waals surface area contributed by atoms with Gasteiger partial charge in [0.15, 0.2) is 0 Å². The lowest BCUT2D eigenvalue weighted by molar-refractivity contribution is -0.189. The molecule has 10 heteroatoms. The molecular weight excluding hydrogens is 452 g/mol. The molecule has 0 aliphatic carbocycles. The number of aliphatic hydroxyl groups is 1. The molecule has 4 unspecified atom stereocenters. The minimum Gasteiger partial charge on any atom is -0.430 e. The van der Waals surface area contributed by atoms with Gasteiger partial charge in [0.25, 0.3) is 11.8 Å². The van der Waals surface area contributed by atoms with Gasteiger partial charge in [-0.15, -0.1) is 0 Å². The average Bonchev–Trinajstić information content (AvgIpc) is 3.53. The van der Waals surface area contributed by atoms with Gasteiger partial charge in [-0.05, 0) is 45.1 Å². The van der Waals surface area contributed by atoms with Crippen molar-refractivity contribution in [3.05, 3.63) is 35.9 Å². The van der Waals surface area contributed by atoms with Crippen molar-refractivity contribution < 1.29 is 29.0 Å². The highest BCUT2D eigenvalue weighted by molar-refractivity contribution is 6.02. The van der Waals surface area contributed by atoms with Gasteiger partial charge in [0.2, 0.25) is 11.5 Å². The molecule has 1 spiro atoms. The number of amides is 4. The molecule has 3 aliphatic heterocycles. The van der Waals surface area contributed by atoms with E-state index in [1.165, 1.54) is 16.7 Å². The van der Waals surface area contributed by atoms with Crippen molar-refractivity contribution in [2.24, 2.45) is 5.73 Å². The van der Waals surface area contributed by atoms with Crippen LogP contribution < -0.4 is 5.73 Å². The summed E-state index contributed by atoms with van der Waals surface area (Å²) in [7, 11) is 0. The number of primary amides is 1. The SMILES string of the molecule is CC(O)C(Cc1ccccc1)(OC(N)=O)C(=O)N1CCCC12C(=O)N(CC(=O)N1CCCC1)C2C. The van der Waals surface area contributed by atoms with E-state index < -0.39 is 35.3 Å². The Balaban J connectivity index is 1.61. The van der Waals surface area contributed by atoms with Gasteiger partial charge in [-0.1, -0.05) is 30.3 Å². The first-order valence-corrected chi connectivity index (χ1v) is 12.2. The highest BCUT2D eigenvalue weighted by Gasteiger charge is 2.67. The molecule has 4 amide bonds. The fraction of sp³-hybridized carbons (Fsp3) is 0.600. The molecule has 4 rings (SSSR count). The zero-order valence-electron chi connectivity index (χ0n) is 20.3. The lowest BCUT2D eigenvalue weighted by atomic mass is 9.76. The number of hydrogen-bond acceptors (Lipinski definition) is 6. The number of ether oxygens (including phenoxy) is 1. The predicted molar refractivity (Wildman–Crippen MR) is 126 cm³/mol. The highest BCUT2D eigenvalue weighted by Crippen LogP contribution is 2.46. The molecule has 35 heavy (non-hydrogen) atoms. The van der Waals surface area contributed by atoms with Gasteiger partial charge in [-0.25, -0.2) is 4.79 Å². The number of likely N-dealkylation sites (tertiary alicyclic amines) is 3. The molecule has 0 bridgehead atoms. The van der Waals surface area contributed by atoms with E-state index in [-0.39, 0.29) is 31.3 Å². The van der Waals surface area contributed by atoms with Gasteiger partial charge in [0, 0.05) is 26.1 Å². The van der Waals surface area contributed by atoms with Gasteiger partial charge in [0.1, 0.15) is 18.2 Å². The maximum atomic E-state index is 14.1. The Morgan fingerprint density at radius 3 is 2.40 bits per heavy atom. The van der Waals surface area contributed by atoms with Crippen molar-refractivity contribution in [2.75, 3.05) is 26.2 Å². The van der Waals surface area contributed by atoms with Gasteiger partial charge < -0.3 is 30.3 Å². The summed E-state index contributed by atoms with van der Waals surface area (Å²) in [6.07, 6.45) is 0.264. The van der Waals surface area contributed by atoms with Crippen LogP contribution in [-0.2, 0) is 25.5 Å². The second kappa shape index (κ2) is 9.49. The zero-order valence-corrected chi connectivity index (χ0v) is 20.3. The van der Waals surface area contributed by atoms with E-state index in [4.69, 9.17) is 10.5 Å². The van der Waals surface area contributed by atoms with Gasteiger partial charge in [-0.2, -0.15) is 0 Å². The number of nitrogens with zero attached hydrogens (tertiary/aromatic N) is 3. The van der Waals surface area contributed by atoms with Crippen LogP contribution in [0.2, 0.25) is 0 Å². The Bertz CT molecular complexity index is 995. The number of nitrogens with two attached hydrogens (primary N) is 1. The Kier molecular flexibility index (Phi) is 6.77. The van der Waals surface area contributed by atoms with E-state index in [1.54, 1.807) is 29.2 Å². The summed E-state index contributed by atoms with van der Waals surface area (Å²) in [5.41, 5.74) is 2.89. The van der Waals surface area contributed by atoms with Crippen molar-refractivity contribution in [2.45, 2.75) is 69.2 Å². The third kappa shape index (κ3) is 4.13. The van der Waals surface area contributed by atoms with Crippen LogP contribution in [0.5, 0.6) is 0 Å². The Morgan fingerprint density at radius 1 is 1.17 bits per heavy atom. The number of rotatable bonds is 7. The number of aliphatic hydroxyl groups excluding tert-OH is 1. The average molecular weight is 487 g/mol. The van der Waals surface area contributed by atoms with Crippen LogP contribution in [0.3, 0.4) is 0 Å². The predicted octanol–water partition coefficient (Wildman–Crippen LogP) is 0.658. The molecule has 0 radical (unpaired) electrons. The monoisotopic (exact) mass is 486 g/mol. The van der Waals surface area contributed by atoms with E-state index >= 15 is 0 Å². The van der Waals surface area contributed by atoms with E-state index in [0.29, 0.717) is 31.5 Å². The van der Waals surface area contributed by atoms with E-state index in [1.807, 2.05) is 13.0 Å². The van der Waals surface area contributed by atoms with Crippen LogP contribution in [0, 0.1) is 0 Å². The lowest BCUT2D eigenvalue weighted by Gasteiger charge is -2.57. The quantitative estimate of drug-likeness (QED) is 0.544. The summed E-state index contributed by atoms with van der Waals surface area (Å²) in [5.74, 6) is -1.03. The smallest absolute Gasteiger partial charge is 0.405 e. The molecule has 3 saturated heterocycles. The minimum atomic E-state index is -1.99. The summed E-state index contributed by atoms with van der Waals surface area (Å²) in [6.45, 7) is 4.86. The van der Waals surface area contributed by atoms with Crippen molar-refractivity contribution in [3.8, 4) is 0 Å². The molecule has 1 aromatic carbocycles. The van der Waals surface area contributed by atoms with Crippen molar-refractivity contribution in [1.29, 1.82) is 0 Å². The largest absolute Gasteiger partial charge is 0.430 e. The van der Waals surface area contributed by atoms with Crippen LogP contribution in [0.1, 0.15) is 45.1 Å². The van der Waals surface area contributed by atoms with Gasteiger partial charge >= 0.3 is 6.09 Å². The maximum Gasteiger partial charge on any atom is 0.405 e. The van der Waals surface area contributed by atoms with Crippen molar-refractivity contribution in [3.63, 3.8) is 0 Å². The van der Waals surface area contributed by atoms with Crippen molar-refractivity contribution in [1.82, 2.24) is 14.7 Å². The topological polar surface area (TPSA) is 133 Å². The molecule has 3 heterocycles. The highest BCUT2D eigenvalue weighted by atomic mass is 16.6. The third-order valence-electron chi connectivity index (χ3n) is 7.85. The van der Waals surface area contributed by atoms with E-state index in [9.17, 15) is 24.3 Å². The molecular formula is C25H34N4O6. The van der Waals surface area contributed by atoms with Crippen LogP contribution in [0.4, 0.5) is 4.79 Å². The van der Waals surface area contributed by atoms with Crippen molar-refractivity contribution >= 4 is 23.8 Å². The molecule has 10 nitrogen and oxygen atoms in total. The first-order valence-electron chi connectivity index (χ1n) is 12.2. The Morgan fingerprint density at radius 2 is 1.83 bits per heavy atom.